The van der Waals surface area contributed by atoms with Gasteiger partial charge in [-0.1, -0.05) is 24.3 Å². The van der Waals surface area contributed by atoms with E-state index in [0.29, 0.717) is 0 Å². The molecule has 0 spiro atoms. The van der Waals surface area contributed by atoms with Gasteiger partial charge < -0.3 is 9.30 Å². The predicted molar refractivity (Wildman–Crippen MR) is 79.6 cm³/mol. The van der Waals surface area contributed by atoms with Crippen LogP contribution in [0, 0.1) is 0 Å². The van der Waals surface area contributed by atoms with E-state index in [9.17, 15) is 4.79 Å². The average Bonchev–Trinajstić information content (AvgIpc) is 2.84. The number of carbonyl (C=O) groups excluding carboxylic acids is 1. The molecule has 1 aromatic carbocycles. The summed E-state index contributed by atoms with van der Waals surface area (Å²) in [5.74, 6) is -0.0371. The molecule has 0 amide bonds. The normalized spacial score (nSPS) is 18.9. The Morgan fingerprint density at radius 2 is 2.15 bits per heavy atom. The van der Waals surface area contributed by atoms with Crippen molar-refractivity contribution in [2.45, 2.75) is 25.2 Å². The number of rotatable bonds is 2. The van der Waals surface area contributed by atoms with Crippen molar-refractivity contribution in [2.24, 2.45) is 7.05 Å². The van der Waals surface area contributed by atoms with Gasteiger partial charge in [0.25, 0.3) is 0 Å². The number of hydrogen-bond donors (Lipinski definition) is 0. The number of para-hydroxylation sites is 1. The zero-order valence-corrected chi connectivity index (χ0v) is 11.9. The van der Waals surface area contributed by atoms with Crippen LogP contribution in [0.15, 0.2) is 42.1 Å². The van der Waals surface area contributed by atoms with E-state index in [1.807, 2.05) is 12.1 Å². The second-order valence-electron chi connectivity index (χ2n) is 5.35. The number of methoxy groups -OCH3 is 1. The highest BCUT2D eigenvalue weighted by molar-refractivity contribution is 5.93. The third-order valence-electron chi connectivity index (χ3n) is 4.16. The van der Waals surface area contributed by atoms with Gasteiger partial charge in [0.15, 0.2) is 0 Å². The van der Waals surface area contributed by atoms with E-state index in [-0.39, 0.29) is 11.9 Å². The van der Waals surface area contributed by atoms with Crippen LogP contribution >= 0.6 is 0 Å². The van der Waals surface area contributed by atoms with Crippen molar-refractivity contribution in [1.82, 2.24) is 4.57 Å². The summed E-state index contributed by atoms with van der Waals surface area (Å²) in [4.78, 5) is 12.0. The molecule has 2 aromatic rings. The van der Waals surface area contributed by atoms with Crippen LogP contribution < -0.4 is 0 Å². The highest BCUT2D eigenvalue weighted by Gasteiger charge is 2.27. The fraction of sp³-hybridized carbons (Fsp3) is 0.353. The minimum absolute atomic E-state index is 0.155. The lowest BCUT2D eigenvalue weighted by Crippen LogP contribution is -2.16. The summed E-state index contributed by atoms with van der Waals surface area (Å²) in [7, 11) is 3.51. The number of aryl methyl sites for hydroxylation is 1. The van der Waals surface area contributed by atoms with E-state index >= 15 is 0 Å². The number of esters is 1. The molecule has 0 unspecified atom stereocenters. The lowest BCUT2D eigenvalue weighted by molar-refractivity contribution is -0.136. The second-order valence-corrected chi connectivity index (χ2v) is 5.35. The van der Waals surface area contributed by atoms with E-state index < -0.39 is 0 Å². The van der Waals surface area contributed by atoms with Crippen LogP contribution in [0.3, 0.4) is 0 Å². The number of carbonyl (C=O) groups is 1. The Balaban J connectivity index is 2.12. The summed E-state index contributed by atoms with van der Waals surface area (Å²) < 4.78 is 7.08. The van der Waals surface area contributed by atoms with Crippen LogP contribution in [0.5, 0.6) is 0 Å². The molecule has 0 radical (unpaired) electrons. The first-order valence-corrected chi connectivity index (χ1v) is 7.04. The van der Waals surface area contributed by atoms with E-state index in [4.69, 9.17) is 4.74 Å². The Bertz CT molecular complexity index is 681. The van der Waals surface area contributed by atoms with Gasteiger partial charge in [0, 0.05) is 35.6 Å². The van der Waals surface area contributed by atoms with Crippen LogP contribution in [0.25, 0.3) is 10.9 Å². The molecular weight excluding hydrogens is 250 g/mol. The third kappa shape index (κ3) is 2.03. The fourth-order valence-electron chi connectivity index (χ4n) is 3.19. The van der Waals surface area contributed by atoms with Crippen molar-refractivity contribution in [2.75, 3.05) is 7.11 Å². The smallest absolute Gasteiger partial charge is 0.334 e. The number of ether oxygens (including phenoxy) is 1. The van der Waals surface area contributed by atoms with Crippen molar-refractivity contribution in [3.05, 3.63) is 47.7 Å². The Morgan fingerprint density at radius 3 is 2.95 bits per heavy atom. The lowest BCUT2D eigenvalue weighted by Gasteiger charge is -2.22. The number of allylic oxidation sites excluding steroid dienone is 1. The van der Waals surface area contributed by atoms with E-state index in [2.05, 4.69) is 36.0 Å². The minimum atomic E-state index is -0.192. The Labute approximate surface area is 118 Å². The van der Waals surface area contributed by atoms with E-state index in [0.717, 1.165) is 24.8 Å². The van der Waals surface area contributed by atoms with Gasteiger partial charge in [-0.2, -0.15) is 0 Å². The number of fused-ring (bicyclic) bond motifs is 1. The molecule has 104 valence electrons. The summed E-state index contributed by atoms with van der Waals surface area (Å²) in [5.41, 5.74) is 3.26. The largest absolute Gasteiger partial charge is 0.466 e. The zero-order chi connectivity index (χ0) is 14.1. The Hall–Kier alpha value is -2.03. The van der Waals surface area contributed by atoms with Gasteiger partial charge in [0.05, 0.1) is 7.11 Å². The van der Waals surface area contributed by atoms with Crippen LogP contribution in [-0.4, -0.2) is 17.6 Å². The molecule has 0 saturated carbocycles. The minimum Gasteiger partial charge on any atom is -0.466 e. The first kappa shape index (κ1) is 13.0. The second kappa shape index (κ2) is 5.16. The van der Waals surface area contributed by atoms with E-state index in [1.165, 1.54) is 23.6 Å². The number of aromatic nitrogens is 1. The first-order chi connectivity index (χ1) is 9.72. The van der Waals surface area contributed by atoms with E-state index in [1.54, 1.807) is 0 Å². The molecule has 1 heterocycles. The molecule has 1 atom stereocenters. The zero-order valence-electron chi connectivity index (χ0n) is 11.9. The Morgan fingerprint density at radius 1 is 1.35 bits per heavy atom. The highest BCUT2D eigenvalue weighted by atomic mass is 16.5. The van der Waals surface area contributed by atoms with Crippen molar-refractivity contribution in [1.29, 1.82) is 0 Å². The molecule has 0 N–H and O–H groups in total. The van der Waals surface area contributed by atoms with Crippen molar-refractivity contribution >= 4 is 16.9 Å². The van der Waals surface area contributed by atoms with Crippen LogP contribution in [0.1, 0.15) is 30.7 Å². The maximum Gasteiger partial charge on any atom is 0.334 e. The monoisotopic (exact) mass is 269 g/mol. The SMILES string of the molecule is COC(=O)C1=CCCC[C@@H]1c1cn(C)c2ccccc12. The molecule has 1 aliphatic carbocycles. The lowest BCUT2D eigenvalue weighted by atomic mass is 9.82. The molecule has 0 bridgehead atoms. The molecule has 3 rings (SSSR count). The maximum atomic E-state index is 12.0. The molecule has 1 aromatic heterocycles. The molecule has 20 heavy (non-hydrogen) atoms. The number of nitrogens with zero attached hydrogens (tertiary/aromatic N) is 1. The van der Waals surface area contributed by atoms with Crippen molar-refractivity contribution in [3.63, 3.8) is 0 Å². The molecule has 3 heteroatoms. The summed E-state index contributed by atoms with van der Waals surface area (Å²) in [6, 6.07) is 8.34. The number of benzene rings is 1. The van der Waals surface area contributed by atoms with Crippen LogP contribution in [0.4, 0.5) is 0 Å². The molecule has 0 saturated heterocycles. The van der Waals surface area contributed by atoms with Crippen molar-refractivity contribution < 1.29 is 9.53 Å². The molecule has 1 aliphatic rings. The molecule has 0 aliphatic heterocycles. The van der Waals surface area contributed by atoms with Gasteiger partial charge in [0.1, 0.15) is 0 Å². The highest BCUT2D eigenvalue weighted by Crippen LogP contribution is 2.38. The van der Waals surface area contributed by atoms with Gasteiger partial charge in [-0.05, 0) is 30.9 Å². The van der Waals surface area contributed by atoms with Gasteiger partial charge in [-0.25, -0.2) is 4.79 Å². The summed E-state index contributed by atoms with van der Waals surface area (Å²) in [6.45, 7) is 0. The van der Waals surface area contributed by atoms with Crippen LogP contribution in [-0.2, 0) is 16.6 Å². The summed E-state index contributed by atoms with van der Waals surface area (Å²) in [6.07, 6.45) is 7.29. The summed E-state index contributed by atoms with van der Waals surface area (Å²) in [5, 5.41) is 1.23. The van der Waals surface area contributed by atoms with Gasteiger partial charge in [-0.15, -0.1) is 0 Å². The standard InChI is InChI=1S/C17H19NO2/c1-18-11-15(13-8-5-6-10-16(13)18)12-7-3-4-9-14(12)17(19)20-2/h5-6,8-12H,3-4,7H2,1-2H3/t12-/m0/s1. The number of hydrogen-bond acceptors (Lipinski definition) is 2. The Kier molecular flexibility index (Phi) is 3.35. The van der Waals surface area contributed by atoms with Crippen molar-refractivity contribution in [3.8, 4) is 0 Å². The van der Waals surface area contributed by atoms with Gasteiger partial charge in [0.2, 0.25) is 0 Å². The third-order valence-corrected chi connectivity index (χ3v) is 4.16. The quantitative estimate of drug-likeness (QED) is 0.781. The first-order valence-electron chi connectivity index (χ1n) is 7.04. The van der Waals surface area contributed by atoms with Gasteiger partial charge >= 0.3 is 5.97 Å². The van der Waals surface area contributed by atoms with Gasteiger partial charge in [-0.3, -0.25) is 0 Å². The predicted octanol–water partition coefficient (Wildman–Crippen LogP) is 3.55. The molecular formula is C17H19NO2. The molecule has 3 nitrogen and oxygen atoms in total. The summed E-state index contributed by atoms with van der Waals surface area (Å²) >= 11 is 0. The fourth-order valence-corrected chi connectivity index (χ4v) is 3.19. The molecule has 0 fully saturated rings. The van der Waals surface area contributed by atoms with Crippen LogP contribution in [0.2, 0.25) is 0 Å². The average molecular weight is 269 g/mol. The maximum absolute atomic E-state index is 12.0. The topological polar surface area (TPSA) is 31.2 Å².